The summed E-state index contributed by atoms with van der Waals surface area (Å²) >= 11 is 2.96. The Kier molecular flexibility index (Phi) is 5.73. The second-order valence-corrected chi connectivity index (χ2v) is 8.55. The van der Waals surface area contributed by atoms with Crippen LogP contribution < -0.4 is 10.1 Å². The van der Waals surface area contributed by atoms with Crippen molar-refractivity contribution in [3.05, 3.63) is 60.2 Å². The van der Waals surface area contributed by atoms with Crippen molar-refractivity contribution in [2.45, 2.75) is 11.3 Å². The molecule has 0 aliphatic carbocycles. The standard InChI is InChI=1S/C21H18N4O2S2/c1-3-28-21-25-24-20(29-21)23-19(26)16-12-18(13-7-6-8-14(11-13)27-2)22-17-10-5-4-9-15(16)17/h4-12H,3H2,1-2H3,(H,23,24,26). The number of anilines is 1. The summed E-state index contributed by atoms with van der Waals surface area (Å²) in [6, 6.07) is 17.0. The van der Waals surface area contributed by atoms with E-state index in [0.29, 0.717) is 16.4 Å². The number of carbonyl (C=O) groups excluding carboxylic acids is 1. The van der Waals surface area contributed by atoms with Crippen molar-refractivity contribution in [1.82, 2.24) is 15.2 Å². The van der Waals surface area contributed by atoms with Crippen molar-refractivity contribution in [3.63, 3.8) is 0 Å². The van der Waals surface area contributed by atoms with E-state index in [1.54, 1.807) is 24.9 Å². The number of fused-ring (bicyclic) bond motifs is 1. The number of nitrogens with one attached hydrogen (secondary N) is 1. The molecule has 2 aromatic heterocycles. The fraction of sp³-hybridized carbons (Fsp3) is 0.143. The monoisotopic (exact) mass is 422 g/mol. The van der Waals surface area contributed by atoms with E-state index >= 15 is 0 Å². The second kappa shape index (κ2) is 8.59. The fourth-order valence-electron chi connectivity index (χ4n) is 2.90. The molecule has 0 spiro atoms. The molecule has 0 unspecified atom stereocenters. The van der Waals surface area contributed by atoms with Crippen LogP contribution in [0.2, 0.25) is 0 Å². The maximum atomic E-state index is 13.1. The molecule has 6 nitrogen and oxygen atoms in total. The summed E-state index contributed by atoms with van der Waals surface area (Å²) in [5.41, 5.74) is 2.86. The number of amides is 1. The molecule has 8 heteroatoms. The van der Waals surface area contributed by atoms with Gasteiger partial charge < -0.3 is 4.74 Å². The fourth-order valence-corrected chi connectivity index (χ4v) is 4.54. The third-order valence-corrected chi connectivity index (χ3v) is 6.08. The lowest BCUT2D eigenvalue weighted by Crippen LogP contribution is -2.13. The number of benzene rings is 2. The molecule has 4 aromatic rings. The van der Waals surface area contributed by atoms with Gasteiger partial charge in [-0.1, -0.05) is 60.4 Å². The number of rotatable bonds is 6. The molecule has 146 valence electrons. The van der Waals surface area contributed by atoms with Crippen LogP contribution in [0.4, 0.5) is 5.13 Å². The topological polar surface area (TPSA) is 77.0 Å². The van der Waals surface area contributed by atoms with Crippen LogP contribution in [0.1, 0.15) is 17.3 Å². The van der Waals surface area contributed by atoms with Crippen LogP contribution in [0.3, 0.4) is 0 Å². The smallest absolute Gasteiger partial charge is 0.258 e. The van der Waals surface area contributed by atoms with Crippen molar-refractivity contribution in [2.24, 2.45) is 0 Å². The number of hydrogen-bond donors (Lipinski definition) is 1. The van der Waals surface area contributed by atoms with Crippen LogP contribution >= 0.6 is 23.1 Å². The van der Waals surface area contributed by atoms with E-state index < -0.39 is 0 Å². The van der Waals surface area contributed by atoms with E-state index in [-0.39, 0.29) is 5.91 Å². The van der Waals surface area contributed by atoms with E-state index in [0.717, 1.165) is 32.3 Å². The summed E-state index contributed by atoms with van der Waals surface area (Å²) in [6.45, 7) is 2.05. The number of hydrogen-bond acceptors (Lipinski definition) is 7. The molecular weight excluding hydrogens is 404 g/mol. The first-order valence-corrected chi connectivity index (χ1v) is 10.8. The molecule has 0 aliphatic rings. The highest BCUT2D eigenvalue weighted by atomic mass is 32.2. The number of pyridine rings is 1. The van der Waals surface area contributed by atoms with Crippen molar-refractivity contribution < 1.29 is 9.53 Å². The maximum absolute atomic E-state index is 13.1. The van der Waals surface area contributed by atoms with Gasteiger partial charge in [0, 0.05) is 10.9 Å². The summed E-state index contributed by atoms with van der Waals surface area (Å²) in [5.74, 6) is 1.40. The highest BCUT2D eigenvalue weighted by Crippen LogP contribution is 2.29. The average Bonchev–Trinajstić information content (AvgIpc) is 3.20. The molecular formula is C21H18N4O2S2. The van der Waals surface area contributed by atoms with Gasteiger partial charge in [0.05, 0.1) is 23.9 Å². The van der Waals surface area contributed by atoms with Crippen molar-refractivity contribution in [3.8, 4) is 17.0 Å². The summed E-state index contributed by atoms with van der Waals surface area (Å²) in [4.78, 5) is 17.8. The van der Waals surface area contributed by atoms with Gasteiger partial charge in [-0.05, 0) is 30.0 Å². The Bertz CT molecular complexity index is 1180. The number of nitrogens with zero attached hydrogens (tertiary/aromatic N) is 3. The van der Waals surface area contributed by atoms with E-state index in [4.69, 9.17) is 9.72 Å². The van der Waals surface area contributed by atoms with E-state index in [2.05, 4.69) is 15.5 Å². The summed E-state index contributed by atoms with van der Waals surface area (Å²) in [7, 11) is 1.62. The Morgan fingerprint density at radius 1 is 1.14 bits per heavy atom. The highest BCUT2D eigenvalue weighted by Gasteiger charge is 2.16. The molecule has 0 aliphatic heterocycles. The Morgan fingerprint density at radius 3 is 2.83 bits per heavy atom. The zero-order valence-corrected chi connectivity index (χ0v) is 17.5. The Morgan fingerprint density at radius 2 is 2.00 bits per heavy atom. The van der Waals surface area contributed by atoms with Crippen LogP contribution in [0.5, 0.6) is 5.75 Å². The molecule has 1 amide bonds. The number of thioether (sulfide) groups is 1. The minimum absolute atomic E-state index is 0.239. The molecule has 0 atom stereocenters. The minimum atomic E-state index is -0.239. The van der Waals surface area contributed by atoms with E-state index in [9.17, 15) is 4.79 Å². The van der Waals surface area contributed by atoms with Crippen LogP contribution in [-0.4, -0.2) is 34.0 Å². The lowest BCUT2D eigenvalue weighted by atomic mass is 10.0. The molecule has 4 rings (SSSR count). The van der Waals surface area contributed by atoms with Gasteiger partial charge in [0.15, 0.2) is 4.34 Å². The first-order chi connectivity index (χ1) is 14.2. The van der Waals surface area contributed by atoms with Gasteiger partial charge in [0.1, 0.15) is 5.75 Å². The van der Waals surface area contributed by atoms with Crippen LogP contribution in [0, 0.1) is 0 Å². The third kappa shape index (κ3) is 4.23. The van der Waals surface area contributed by atoms with Gasteiger partial charge >= 0.3 is 0 Å². The van der Waals surface area contributed by atoms with Gasteiger partial charge in [-0.3, -0.25) is 10.1 Å². The van der Waals surface area contributed by atoms with E-state index in [1.165, 1.54) is 11.3 Å². The first-order valence-electron chi connectivity index (χ1n) is 9.00. The maximum Gasteiger partial charge on any atom is 0.258 e. The second-order valence-electron chi connectivity index (χ2n) is 6.06. The molecule has 0 radical (unpaired) electrons. The lowest BCUT2D eigenvalue weighted by Gasteiger charge is -2.10. The zero-order valence-electron chi connectivity index (χ0n) is 15.9. The number of aromatic nitrogens is 3. The average molecular weight is 423 g/mol. The molecule has 0 saturated carbocycles. The molecule has 2 aromatic carbocycles. The Hall–Kier alpha value is -2.97. The summed E-state index contributed by atoms with van der Waals surface area (Å²) in [5, 5.41) is 12.3. The van der Waals surface area contributed by atoms with Crippen molar-refractivity contribution >= 4 is 45.0 Å². The summed E-state index contributed by atoms with van der Waals surface area (Å²) in [6.07, 6.45) is 0. The molecule has 1 N–H and O–H groups in total. The van der Waals surface area contributed by atoms with Crippen LogP contribution in [0.25, 0.3) is 22.2 Å². The molecule has 0 bridgehead atoms. The largest absolute Gasteiger partial charge is 0.497 e. The first kappa shape index (κ1) is 19.4. The molecule has 2 heterocycles. The Balaban J connectivity index is 1.74. The van der Waals surface area contributed by atoms with Crippen LogP contribution in [-0.2, 0) is 0 Å². The predicted molar refractivity (Wildman–Crippen MR) is 118 cm³/mol. The third-order valence-electron chi connectivity index (χ3n) is 4.22. The molecule has 29 heavy (non-hydrogen) atoms. The Labute approximate surface area is 176 Å². The number of para-hydroxylation sites is 1. The SMILES string of the molecule is CCSc1nnc(NC(=O)c2cc(-c3cccc(OC)c3)nc3ccccc23)s1. The van der Waals surface area contributed by atoms with Gasteiger partial charge in [-0.25, -0.2) is 4.98 Å². The quantitative estimate of drug-likeness (QED) is 0.343. The number of methoxy groups -OCH3 is 1. The zero-order chi connectivity index (χ0) is 20.2. The number of carbonyl (C=O) groups is 1. The molecule has 0 fully saturated rings. The van der Waals surface area contributed by atoms with E-state index in [1.807, 2.05) is 55.5 Å². The molecule has 0 saturated heterocycles. The number of ether oxygens (including phenoxy) is 1. The van der Waals surface area contributed by atoms with Crippen molar-refractivity contribution in [2.75, 3.05) is 18.2 Å². The van der Waals surface area contributed by atoms with Crippen molar-refractivity contribution in [1.29, 1.82) is 0 Å². The normalized spacial score (nSPS) is 10.8. The lowest BCUT2D eigenvalue weighted by molar-refractivity contribution is 0.102. The highest BCUT2D eigenvalue weighted by molar-refractivity contribution is 8.01. The summed E-state index contributed by atoms with van der Waals surface area (Å²) < 4.78 is 6.15. The predicted octanol–water partition coefficient (Wildman–Crippen LogP) is 5.13. The van der Waals surface area contributed by atoms with Gasteiger partial charge in [0.25, 0.3) is 5.91 Å². The minimum Gasteiger partial charge on any atom is -0.497 e. The van der Waals surface area contributed by atoms with Gasteiger partial charge in [-0.2, -0.15) is 0 Å². The van der Waals surface area contributed by atoms with Gasteiger partial charge in [-0.15, -0.1) is 10.2 Å². The van der Waals surface area contributed by atoms with Crippen LogP contribution in [0.15, 0.2) is 58.9 Å². The van der Waals surface area contributed by atoms with Gasteiger partial charge in [0.2, 0.25) is 5.13 Å².